The summed E-state index contributed by atoms with van der Waals surface area (Å²) in [4.78, 5) is 4.10. The molecule has 3 rings (SSSR count). The molecule has 0 fully saturated rings. The minimum absolute atomic E-state index is 0.246. The summed E-state index contributed by atoms with van der Waals surface area (Å²) in [6.07, 6.45) is 3.40. The number of aryl methyl sites for hydroxylation is 1. The number of hydrogen-bond donors (Lipinski definition) is 1. The lowest BCUT2D eigenvalue weighted by Crippen LogP contribution is -2.01. The Morgan fingerprint density at radius 2 is 2.04 bits per heavy atom. The number of rotatable bonds is 7. The molecule has 7 heteroatoms. The number of hydrogen-bond acceptors (Lipinski definition) is 5. The maximum absolute atomic E-state index is 13.3. The molecule has 2 N–H and O–H groups in total. The predicted octanol–water partition coefficient (Wildman–Crippen LogP) is 3.77. The Kier molecular flexibility index (Phi) is 5.71. The molecule has 0 bridgehead atoms. The van der Waals surface area contributed by atoms with E-state index in [1.165, 1.54) is 16.8 Å². The molecule has 140 valence electrons. The molecule has 0 aliphatic heterocycles. The number of nitrogens with zero attached hydrogens (tertiary/aromatic N) is 3. The van der Waals surface area contributed by atoms with Crippen LogP contribution in [0, 0.1) is 12.7 Å². The van der Waals surface area contributed by atoms with Crippen LogP contribution in [0.25, 0.3) is 0 Å². The number of anilines is 1. The van der Waals surface area contributed by atoms with Gasteiger partial charge in [-0.15, -0.1) is 0 Å². The molecule has 3 aromatic rings. The molecule has 0 atom stereocenters. The molecule has 27 heavy (non-hydrogen) atoms. The van der Waals surface area contributed by atoms with Gasteiger partial charge >= 0.3 is 0 Å². The van der Waals surface area contributed by atoms with Gasteiger partial charge in [-0.25, -0.2) is 14.1 Å². The molecule has 6 nitrogen and oxygen atoms in total. The summed E-state index contributed by atoms with van der Waals surface area (Å²) in [6.45, 7) is 4.48. The van der Waals surface area contributed by atoms with Crippen LogP contribution in [0.15, 0.2) is 53.8 Å². The second-order valence-electron chi connectivity index (χ2n) is 5.89. The Hall–Kier alpha value is -3.35. The van der Waals surface area contributed by atoms with Crippen molar-refractivity contribution in [3.8, 4) is 11.5 Å². The fourth-order valence-corrected chi connectivity index (χ4v) is 2.51. The molecular weight excluding hydrogens is 347 g/mol. The Balaban J connectivity index is 1.76. The highest BCUT2D eigenvalue weighted by Gasteiger charge is 2.07. The van der Waals surface area contributed by atoms with Gasteiger partial charge in [-0.3, -0.25) is 0 Å². The molecule has 0 aliphatic carbocycles. The number of benzene rings is 2. The minimum atomic E-state index is -0.290. The SMILES string of the molecule is CCOc1cc(C=Nn2cc(C)nc2N)ccc1OCc1cccc(F)c1. The van der Waals surface area contributed by atoms with Crippen molar-refractivity contribution in [3.05, 3.63) is 71.3 Å². The van der Waals surface area contributed by atoms with Crippen molar-refractivity contribution in [3.63, 3.8) is 0 Å². The van der Waals surface area contributed by atoms with Crippen LogP contribution in [0.1, 0.15) is 23.7 Å². The van der Waals surface area contributed by atoms with Gasteiger partial charge in [-0.1, -0.05) is 12.1 Å². The van der Waals surface area contributed by atoms with E-state index in [0.717, 1.165) is 16.8 Å². The van der Waals surface area contributed by atoms with Crippen LogP contribution in [-0.4, -0.2) is 22.5 Å². The fraction of sp³-hybridized carbons (Fsp3) is 0.200. The standard InChI is InChI=1S/C20H21FN4O2/c1-3-26-19-10-15(11-23-25-12-14(2)24-20(25)22)7-8-18(19)27-13-16-5-4-6-17(21)9-16/h4-12H,3,13H2,1-2H3,(H2,22,24). The lowest BCUT2D eigenvalue weighted by molar-refractivity contribution is 0.269. The van der Waals surface area contributed by atoms with E-state index >= 15 is 0 Å². The average Bonchev–Trinajstić information content (AvgIpc) is 2.97. The first kappa shape index (κ1) is 18.4. The van der Waals surface area contributed by atoms with Gasteiger partial charge in [0, 0.05) is 0 Å². The molecule has 2 aromatic carbocycles. The van der Waals surface area contributed by atoms with E-state index in [1.54, 1.807) is 24.5 Å². The van der Waals surface area contributed by atoms with Gasteiger partial charge in [0.1, 0.15) is 12.4 Å². The molecule has 0 saturated heterocycles. The van der Waals surface area contributed by atoms with E-state index in [1.807, 2.05) is 32.0 Å². The van der Waals surface area contributed by atoms with Gasteiger partial charge in [0.2, 0.25) is 5.95 Å². The third-order valence-electron chi connectivity index (χ3n) is 3.72. The predicted molar refractivity (Wildman–Crippen MR) is 103 cm³/mol. The summed E-state index contributed by atoms with van der Waals surface area (Å²) in [5.74, 6) is 1.20. The number of halogens is 1. The van der Waals surface area contributed by atoms with E-state index in [-0.39, 0.29) is 12.4 Å². The molecule has 0 saturated carbocycles. The molecule has 0 spiro atoms. The van der Waals surface area contributed by atoms with E-state index in [4.69, 9.17) is 15.2 Å². The number of nitrogens with two attached hydrogens (primary N) is 1. The molecule has 0 unspecified atom stereocenters. The molecular formula is C20H21FN4O2. The van der Waals surface area contributed by atoms with Crippen molar-refractivity contribution >= 4 is 12.2 Å². The lowest BCUT2D eigenvalue weighted by Gasteiger charge is -2.12. The highest BCUT2D eigenvalue weighted by atomic mass is 19.1. The molecule has 1 aromatic heterocycles. The molecule has 0 amide bonds. The van der Waals surface area contributed by atoms with Crippen molar-refractivity contribution < 1.29 is 13.9 Å². The first-order valence-corrected chi connectivity index (χ1v) is 8.55. The number of imidazole rings is 1. The maximum Gasteiger partial charge on any atom is 0.221 e. The zero-order valence-electron chi connectivity index (χ0n) is 15.2. The van der Waals surface area contributed by atoms with Crippen molar-refractivity contribution in [2.75, 3.05) is 12.3 Å². The van der Waals surface area contributed by atoms with E-state index in [2.05, 4.69) is 10.1 Å². The fourth-order valence-electron chi connectivity index (χ4n) is 2.51. The summed E-state index contributed by atoms with van der Waals surface area (Å²) in [5, 5.41) is 4.30. The monoisotopic (exact) mass is 368 g/mol. The van der Waals surface area contributed by atoms with Crippen LogP contribution in [0.4, 0.5) is 10.3 Å². The van der Waals surface area contributed by atoms with E-state index in [0.29, 0.717) is 24.1 Å². The largest absolute Gasteiger partial charge is 0.490 e. The highest BCUT2D eigenvalue weighted by Crippen LogP contribution is 2.29. The molecule has 1 heterocycles. The second-order valence-corrected chi connectivity index (χ2v) is 5.89. The maximum atomic E-state index is 13.3. The Labute approximate surface area is 157 Å². The smallest absolute Gasteiger partial charge is 0.221 e. The van der Waals surface area contributed by atoms with Crippen molar-refractivity contribution in [1.82, 2.24) is 9.66 Å². The summed E-state index contributed by atoms with van der Waals surface area (Å²) in [7, 11) is 0. The van der Waals surface area contributed by atoms with Crippen molar-refractivity contribution in [2.24, 2.45) is 5.10 Å². The first-order chi connectivity index (χ1) is 13.0. The van der Waals surface area contributed by atoms with Gasteiger partial charge in [-0.2, -0.15) is 5.10 Å². The van der Waals surface area contributed by atoms with Crippen molar-refractivity contribution in [2.45, 2.75) is 20.5 Å². The molecule has 0 aliphatic rings. The Morgan fingerprint density at radius 1 is 1.19 bits per heavy atom. The topological polar surface area (TPSA) is 74.7 Å². The summed E-state index contributed by atoms with van der Waals surface area (Å²) < 4.78 is 26.3. The van der Waals surface area contributed by atoms with E-state index < -0.39 is 0 Å². The van der Waals surface area contributed by atoms with Crippen LogP contribution < -0.4 is 15.2 Å². The van der Waals surface area contributed by atoms with Crippen LogP contribution in [0.3, 0.4) is 0 Å². The number of nitrogen functional groups attached to an aromatic ring is 1. The number of aromatic nitrogens is 2. The highest BCUT2D eigenvalue weighted by molar-refractivity contribution is 5.81. The zero-order valence-corrected chi connectivity index (χ0v) is 15.2. The van der Waals surface area contributed by atoms with Gasteiger partial charge in [-0.05, 0) is 55.3 Å². The second kappa shape index (κ2) is 8.35. The Morgan fingerprint density at radius 3 is 2.74 bits per heavy atom. The Bertz CT molecular complexity index is 953. The number of ether oxygens (including phenoxy) is 2. The summed E-state index contributed by atoms with van der Waals surface area (Å²) in [6, 6.07) is 11.8. The van der Waals surface area contributed by atoms with Crippen LogP contribution in [0.5, 0.6) is 11.5 Å². The van der Waals surface area contributed by atoms with Gasteiger partial charge in [0.05, 0.1) is 24.7 Å². The normalized spacial score (nSPS) is 11.1. The van der Waals surface area contributed by atoms with Gasteiger partial charge in [0.25, 0.3) is 0 Å². The lowest BCUT2D eigenvalue weighted by atomic mass is 10.2. The quantitative estimate of drug-likeness (QED) is 0.644. The molecule has 0 radical (unpaired) electrons. The zero-order chi connectivity index (χ0) is 19.2. The van der Waals surface area contributed by atoms with Crippen molar-refractivity contribution in [1.29, 1.82) is 0 Å². The van der Waals surface area contributed by atoms with Crippen LogP contribution in [0.2, 0.25) is 0 Å². The average molecular weight is 368 g/mol. The van der Waals surface area contributed by atoms with Crippen LogP contribution >= 0.6 is 0 Å². The third kappa shape index (κ3) is 4.84. The minimum Gasteiger partial charge on any atom is -0.490 e. The first-order valence-electron chi connectivity index (χ1n) is 8.55. The van der Waals surface area contributed by atoms with Gasteiger partial charge < -0.3 is 15.2 Å². The summed E-state index contributed by atoms with van der Waals surface area (Å²) >= 11 is 0. The van der Waals surface area contributed by atoms with Crippen LogP contribution in [-0.2, 0) is 6.61 Å². The third-order valence-corrected chi connectivity index (χ3v) is 3.72. The van der Waals surface area contributed by atoms with Gasteiger partial charge in [0.15, 0.2) is 11.5 Å². The summed E-state index contributed by atoms with van der Waals surface area (Å²) in [5.41, 5.74) is 8.14. The van der Waals surface area contributed by atoms with E-state index in [9.17, 15) is 4.39 Å².